The van der Waals surface area contributed by atoms with Gasteiger partial charge in [0.1, 0.15) is 0 Å². The monoisotopic (exact) mass is 279 g/mol. The van der Waals surface area contributed by atoms with Crippen molar-refractivity contribution in [2.45, 2.75) is 0 Å². The lowest BCUT2D eigenvalue weighted by atomic mass is 10.0. The molecule has 0 unspecified atom stereocenters. The summed E-state index contributed by atoms with van der Waals surface area (Å²) in [6, 6.07) is 21.2. The molecule has 3 rings (SSSR count). The van der Waals surface area contributed by atoms with Crippen LogP contribution in [0, 0.1) is 0 Å². The number of hydrogen-bond donors (Lipinski definition) is 0. The third-order valence-corrected chi connectivity index (χ3v) is 3.78. The average Bonchev–Trinajstić information content (AvgIpc) is 2.57. The van der Waals surface area contributed by atoms with Gasteiger partial charge in [-0.05, 0) is 22.8 Å². The minimum absolute atomic E-state index is 0.841. The van der Waals surface area contributed by atoms with Gasteiger partial charge in [0, 0.05) is 19.6 Å². The van der Waals surface area contributed by atoms with E-state index in [0.717, 1.165) is 32.8 Å². The van der Waals surface area contributed by atoms with Crippen LogP contribution in [0.25, 0.3) is 11.6 Å². The van der Waals surface area contributed by atoms with Gasteiger partial charge in [0.2, 0.25) is 0 Å². The highest BCUT2D eigenvalue weighted by atomic mass is 16.5. The van der Waals surface area contributed by atoms with Crippen molar-refractivity contribution in [1.29, 1.82) is 0 Å². The number of morpholine rings is 1. The van der Waals surface area contributed by atoms with Crippen molar-refractivity contribution in [3.05, 3.63) is 71.8 Å². The summed E-state index contributed by atoms with van der Waals surface area (Å²) in [5, 5.41) is 0. The lowest BCUT2D eigenvalue weighted by Gasteiger charge is -2.27. The van der Waals surface area contributed by atoms with Gasteiger partial charge in [-0.1, -0.05) is 60.7 Å². The van der Waals surface area contributed by atoms with Gasteiger partial charge in [0.25, 0.3) is 0 Å². The molecule has 1 saturated heterocycles. The molecule has 2 aromatic carbocycles. The fourth-order valence-corrected chi connectivity index (χ4v) is 2.62. The molecule has 0 saturated carbocycles. The van der Waals surface area contributed by atoms with Gasteiger partial charge in [-0.15, -0.1) is 0 Å². The van der Waals surface area contributed by atoms with Crippen molar-refractivity contribution < 1.29 is 4.74 Å². The van der Waals surface area contributed by atoms with E-state index in [1.54, 1.807) is 0 Å². The Hall–Kier alpha value is -1.90. The molecule has 1 heterocycles. The topological polar surface area (TPSA) is 12.5 Å². The maximum absolute atomic E-state index is 5.44. The first kappa shape index (κ1) is 14.1. The van der Waals surface area contributed by atoms with E-state index >= 15 is 0 Å². The Labute approximate surface area is 126 Å². The lowest BCUT2D eigenvalue weighted by molar-refractivity contribution is 0.0444. The van der Waals surface area contributed by atoms with Crippen molar-refractivity contribution in [2.75, 3.05) is 32.8 Å². The molecule has 0 spiro atoms. The van der Waals surface area contributed by atoms with Crippen LogP contribution in [0.5, 0.6) is 0 Å². The predicted molar refractivity (Wildman–Crippen MR) is 88.0 cm³/mol. The molecule has 108 valence electrons. The van der Waals surface area contributed by atoms with E-state index in [9.17, 15) is 0 Å². The minimum Gasteiger partial charge on any atom is -0.379 e. The van der Waals surface area contributed by atoms with Crippen LogP contribution in [-0.2, 0) is 4.74 Å². The second-order valence-electron chi connectivity index (χ2n) is 5.33. The molecular weight excluding hydrogens is 258 g/mol. The van der Waals surface area contributed by atoms with Crippen molar-refractivity contribution in [1.82, 2.24) is 4.90 Å². The second kappa shape index (κ2) is 7.21. The van der Waals surface area contributed by atoms with Crippen molar-refractivity contribution in [3.63, 3.8) is 0 Å². The molecule has 1 aliphatic heterocycles. The second-order valence-corrected chi connectivity index (χ2v) is 5.33. The number of benzene rings is 2. The Bertz CT molecular complexity index is 571. The van der Waals surface area contributed by atoms with Gasteiger partial charge in [0.15, 0.2) is 0 Å². The Morgan fingerprint density at radius 2 is 1.52 bits per heavy atom. The summed E-state index contributed by atoms with van der Waals surface area (Å²) in [4.78, 5) is 2.46. The van der Waals surface area contributed by atoms with E-state index in [2.05, 4.69) is 71.6 Å². The highest BCUT2D eigenvalue weighted by molar-refractivity contribution is 5.82. The maximum Gasteiger partial charge on any atom is 0.0594 e. The molecule has 0 atom stereocenters. The molecule has 0 N–H and O–H groups in total. The SMILES string of the molecule is C(=C(/CN1CCOCC1)c1ccccc1)/c1ccccc1. The van der Waals surface area contributed by atoms with E-state index < -0.39 is 0 Å². The van der Waals surface area contributed by atoms with E-state index in [1.807, 2.05) is 0 Å². The van der Waals surface area contributed by atoms with Crippen LogP contribution in [0.3, 0.4) is 0 Å². The van der Waals surface area contributed by atoms with Crippen LogP contribution in [0.15, 0.2) is 60.7 Å². The molecule has 2 aromatic rings. The normalized spacial score (nSPS) is 16.9. The Kier molecular flexibility index (Phi) is 4.82. The summed E-state index contributed by atoms with van der Waals surface area (Å²) >= 11 is 0. The van der Waals surface area contributed by atoms with E-state index in [0.29, 0.717) is 0 Å². The summed E-state index contributed by atoms with van der Waals surface area (Å²) in [7, 11) is 0. The van der Waals surface area contributed by atoms with Crippen LogP contribution in [-0.4, -0.2) is 37.7 Å². The summed E-state index contributed by atoms with van der Waals surface area (Å²) in [6.45, 7) is 4.68. The van der Waals surface area contributed by atoms with Crippen molar-refractivity contribution >= 4 is 11.6 Å². The van der Waals surface area contributed by atoms with E-state index in [-0.39, 0.29) is 0 Å². The highest BCUT2D eigenvalue weighted by Crippen LogP contribution is 2.20. The summed E-state index contributed by atoms with van der Waals surface area (Å²) in [6.07, 6.45) is 2.30. The summed E-state index contributed by atoms with van der Waals surface area (Å²) in [5.41, 5.74) is 3.92. The van der Waals surface area contributed by atoms with Gasteiger partial charge in [0.05, 0.1) is 13.2 Å². The first-order valence-electron chi connectivity index (χ1n) is 7.53. The van der Waals surface area contributed by atoms with Crippen LogP contribution < -0.4 is 0 Å². The molecule has 2 nitrogen and oxygen atoms in total. The highest BCUT2D eigenvalue weighted by Gasteiger charge is 2.13. The zero-order valence-electron chi connectivity index (χ0n) is 12.2. The van der Waals surface area contributed by atoms with Gasteiger partial charge >= 0.3 is 0 Å². The molecule has 0 aliphatic carbocycles. The number of nitrogens with zero attached hydrogens (tertiary/aromatic N) is 1. The van der Waals surface area contributed by atoms with Crippen LogP contribution in [0.1, 0.15) is 11.1 Å². The first-order chi connectivity index (χ1) is 10.4. The Morgan fingerprint density at radius 3 is 2.19 bits per heavy atom. The summed E-state index contributed by atoms with van der Waals surface area (Å²) in [5.74, 6) is 0. The molecule has 1 aliphatic rings. The standard InChI is InChI=1S/C19H21NO/c1-3-7-17(8-4-1)15-19(18-9-5-2-6-10-18)16-20-11-13-21-14-12-20/h1-10,15H,11-14,16H2/b19-15+. The third-order valence-electron chi connectivity index (χ3n) is 3.78. The molecule has 2 heteroatoms. The van der Waals surface area contributed by atoms with Gasteiger partial charge in [-0.25, -0.2) is 0 Å². The van der Waals surface area contributed by atoms with E-state index in [1.165, 1.54) is 16.7 Å². The molecular formula is C19H21NO. The first-order valence-corrected chi connectivity index (χ1v) is 7.53. The largest absolute Gasteiger partial charge is 0.379 e. The molecule has 0 bridgehead atoms. The average molecular weight is 279 g/mol. The zero-order valence-corrected chi connectivity index (χ0v) is 12.2. The number of hydrogen-bond acceptors (Lipinski definition) is 2. The Balaban J connectivity index is 1.85. The Morgan fingerprint density at radius 1 is 0.905 bits per heavy atom. The third kappa shape index (κ3) is 4.03. The van der Waals surface area contributed by atoms with Crippen LogP contribution in [0.4, 0.5) is 0 Å². The maximum atomic E-state index is 5.44. The fourth-order valence-electron chi connectivity index (χ4n) is 2.62. The van der Waals surface area contributed by atoms with Crippen LogP contribution >= 0.6 is 0 Å². The zero-order chi connectivity index (χ0) is 14.3. The van der Waals surface area contributed by atoms with Crippen molar-refractivity contribution in [3.8, 4) is 0 Å². The number of ether oxygens (including phenoxy) is 1. The smallest absolute Gasteiger partial charge is 0.0594 e. The fraction of sp³-hybridized carbons (Fsp3) is 0.263. The minimum atomic E-state index is 0.841. The van der Waals surface area contributed by atoms with Gasteiger partial charge in [-0.3, -0.25) is 4.90 Å². The quantitative estimate of drug-likeness (QED) is 0.793. The molecule has 1 fully saturated rings. The number of rotatable bonds is 4. The predicted octanol–water partition coefficient (Wildman–Crippen LogP) is 3.56. The molecule has 21 heavy (non-hydrogen) atoms. The molecule has 0 aromatic heterocycles. The van der Waals surface area contributed by atoms with Crippen molar-refractivity contribution in [2.24, 2.45) is 0 Å². The van der Waals surface area contributed by atoms with Gasteiger partial charge in [-0.2, -0.15) is 0 Å². The van der Waals surface area contributed by atoms with E-state index in [4.69, 9.17) is 4.74 Å². The van der Waals surface area contributed by atoms with Crippen LogP contribution in [0.2, 0.25) is 0 Å². The van der Waals surface area contributed by atoms with Gasteiger partial charge < -0.3 is 4.74 Å². The molecule has 0 amide bonds. The lowest BCUT2D eigenvalue weighted by Crippen LogP contribution is -2.37. The summed E-state index contributed by atoms with van der Waals surface area (Å²) < 4.78 is 5.44. The molecule has 0 radical (unpaired) electrons.